The number of aryl methyl sites for hydroxylation is 1. The maximum absolute atomic E-state index is 5.74. The van der Waals surface area contributed by atoms with Crippen LogP contribution in [0.25, 0.3) is 0 Å². The molecule has 0 saturated carbocycles. The molecule has 0 radical (unpaired) electrons. The predicted molar refractivity (Wildman–Crippen MR) is 63.1 cm³/mol. The maximum atomic E-state index is 5.74. The van der Waals surface area contributed by atoms with Crippen LogP contribution in [0, 0.1) is 6.92 Å². The van der Waals surface area contributed by atoms with Crippen molar-refractivity contribution in [2.75, 3.05) is 6.54 Å². The summed E-state index contributed by atoms with van der Waals surface area (Å²) in [7, 11) is 0. The number of hydrogen-bond acceptors (Lipinski definition) is 5. The highest BCUT2D eigenvalue weighted by Crippen LogP contribution is 2.34. The molecule has 0 aliphatic heterocycles. The zero-order valence-corrected chi connectivity index (χ0v) is 9.94. The van der Waals surface area contributed by atoms with Crippen molar-refractivity contribution in [2.24, 2.45) is 5.73 Å². The monoisotopic (exact) mass is 240 g/mol. The molecular weight excluding hydrogens is 228 g/mol. The third-order valence-electron chi connectivity index (χ3n) is 1.90. The second-order valence-corrected chi connectivity index (χ2v) is 5.21. The van der Waals surface area contributed by atoms with E-state index in [4.69, 9.17) is 5.73 Å². The molecular formula is C9H12N4S2. The number of nitrogens with one attached hydrogen (secondary N) is 1. The second-order valence-electron chi connectivity index (χ2n) is 3.06. The summed E-state index contributed by atoms with van der Waals surface area (Å²) in [5.41, 5.74) is 5.74. The van der Waals surface area contributed by atoms with Crippen LogP contribution >= 0.6 is 23.1 Å². The number of aromatic amines is 1. The number of rotatable bonds is 4. The van der Waals surface area contributed by atoms with Gasteiger partial charge in [-0.05, 0) is 18.4 Å². The molecule has 2 aromatic heterocycles. The molecule has 2 aromatic rings. The number of thiophene rings is 1. The lowest BCUT2D eigenvalue weighted by Gasteiger charge is -2.08. The Hall–Kier alpha value is -0.850. The van der Waals surface area contributed by atoms with Crippen molar-refractivity contribution >= 4 is 23.1 Å². The molecule has 15 heavy (non-hydrogen) atoms. The summed E-state index contributed by atoms with van der Waals surface area (Å²) in [6.07, 6.45) is 0. The Labute approximate surface area is 96.3 Å². The first-order valence-electron chi connectivity index (χ1n) is 4.58. The van der Waals surface area contributed by atoms with Crippen molar-refractivity contribution in [3.63, 3.8) is 0 Å². The van der Waals surface area contributed by atoms with Crippen LogP contribution < -0.4 is 5.73 Å². The fourth-order valence-electron chi connectivity index (χ4n) is 1.20. The van der Waals surface area contributed by atoms with E-state index >= 15 is 0 Å². The molecule has 1 atom stereocenters. The van der Waals surface area contributed by atoms with Crippen LogP contribution in [0.3, 0.4) is 0 Å². The predicted octanol–water partition coefficient (Wildman–Crippen LogP) is 1.97. The van der Waals surface area contributed by atoms with Gasteiger partial charge in [-0.25, -0.2) is 4.98 Å². The van der Waals surface area contributed by atoms with Crippen LogP contribution in [-0.4, -0.2) is 21.7 Å². The Kier molecular flexibility index (Phi) is 3.40. The van der Waals surface area contributed by atoms with Crippen molar-refractivity contribution < 1.29 is 0 Å². The third-order valence-corrected chi connectivity index (χ3v) is 4.16. The molecule has 0 saturated heterocycles. The van der Waals surface area contributed by atoms with Crippen molar-refractivity contribution in [1.29, 1.82) is 0 Å². The summed E-state index contributed by atoms with van der Waals surface area (Å²) in [5, 5.41) is 9.98. The summed E-state index contributed by atoms with van der Waals surface area (Å²) in [5.74, 6) is 0.833. The molecule has 0 aliphatic carbocycles. The summed E-state index contributed by atoms with van der Waals surface area (Å²) in [6, 6.07) is 4.13. The highest BCUT2D eigenvalue weighted by atomic mass is 32.2. The summed E-state index contributed by atoms with van der Waals surface area (Å²) < 4.78 is 0. The number of thioether (sulfide) groups is 1. The van der Waals surface area contributed by atoms with Crippen LogP contribution in [-0.2, 0) is 0 Å². The quantitative estimate of drug-likeness (QED) is 0.802. The van der Waals surface area contributed by atoms with Gasteiger partial charge in [0.15, 0.2) is 0 Å². The van der Waals surface area contributed by atoms with Crippen LogP contribution in [0.2, 0.25) is 0 Å². The Morgan fingerprint density at radius 3 is 3.07 bits per heavy atom. The van der Waals surface area contributed by atoms with E-state index in [1.807, 2.05) is 13.0 Å². The number of nitrogens with zero attached hydrogens (tertiary/aromatic N) is 2. The van der Waals surface area contributed by atoms with Crippen LogP contribution in [0.1, 0.15) is 16.0 Å². The fourth-order valence-corrected chi connectivity index (χ4v) is 3.06. The highest BCUT2D eigenvalue weighted by molar-refractivity contribution is 7.99. The summed E-state index contributed by atoms with van der Waals surface area (Å²) in [6.45, 7) is 2.48. The minimum Gasteiger partial charge on any atom is -0.329 e. The van der Waals surface area contributed by atoms with Crippen LogP contribution in [0.4, 0.5) is 0 Å². The lowest BCUT2D eigenvalue weighted by atomic mass is 10.3. The molecule has 80 valence electrons. The highest BCUT2D eigenvalue weighted by Gasteiger charge is 2.14. The molecule has 0 fully saturated rings. The largest absolute Gasteiger partial charge is 0.329 e. The van der Waals surface area contributed by atoms with Gasteiger partial charge < -0.3 is 5.73 Å². The van der Waals surface area contributed by atoms with Gasteiger partial charge in [0, 0.05) is 11.4 Å². The Bertz CT molecular complexity index is 409. The van der Waals surface area contributed by atoms with Crippen molar-refractivity contribution in [3.8, 4) is 0 Å². The number of nitrogens with two attached hydrogens (primary N) is 1. The van der Waals surface area contributed by atoms with Gasteiger partial charge in [-0.3, -0.25) is 5.10 Å². The van der Waals surface area contributed by atoms with Crippen LogP contribution in [0.15, 0.2) is 22.7 Å². The third kappa shape index (κ3) is 2.58. The normalized spacial score (nSPS) is 12.9. The van der Waals surface area contributed by atoms with Gasteiger partial charge in [-0.2, -0.15) is 0 Å². The molecule has 2 heterocycles. The average Bonchev–Trinajstić information content (AvgIpc) is 2.85. The topological polar surface area (TPSA) is 67.6 Å². The van der Waals surface area contributed by atoms with E-state index in [1.165, 1.54) is 4.88 Å². The molecule has 6 heteroatoms. The average molecular weight is 240 g/mol. The minimum absolute atomic E-state index is 0.250. The summed E-state index contributed by atoms with van der Waals surface area (Å²) in [4.78, 5) is 5.52. The van der Waals surface area contributed by atoms with E-state index in [0.29, 0.717) is 6.54 Å². The maximum Gasteiger partial charge on any atom is 0.209 e. The van der Waals surface area contributed by atoms with E-state index in [1.54, 1.807) is 23.1 Å². The first kappa shape index (κ1) is 10.7. The zero-order chi connectivity index (χ0) is 10.7. The van der Waals surface area contributed by atoms with E-state index in [-0.39, 0.29) is 5.25 Å². The minimum atomic E-state index is 0.250. The summed E-state index contributed by atoms with van der Waals surface area (Å²) >= 11 is 3.31. The molecule has 1 unspecified atom stereocenters. The van der Waals surface area contributed by atoms with E-state index < -0.39 is 0 Å². The SMILES string of the molecule is Cc1nc(SC(CN)c2cccs2)n[nH]1. The van der Waals surface area contributed by atoms with Gasteiger partial charge in [-0.15, -0.1) is 16.4 Å². The van der Waals surface area contributed by atoms with Gasteiger partial charge in [-0.1, -0.05) is 17.8 Å². The van der Waals surface area contributed by atoms with E-state index in [2.05, 4.69) is 26.6 Å². The van der Waals surface area contributed by atoms with Gasteiger partial charge in [0.05, 0.1) is 5.25 Å². The standard InChI is InChI=1S/C9H12N4S2/c1-6-11-9(13-12-6)15-8(5-10)7-3-2-4-14-7/h2-4,8H,5,10H2,1H3,(H,11,12,13). The van der Waals surface area contributed by atoms with Crippen molar-refractivity contribution in [1.82, 2.24) is 15.2 Å². The first-order valence-corrected chi connectivity index (χ1v) is 6.34. The molecule has 3 N–H and O–H groups in total. The van der Waals surface area contributed by atoms with Gasteiger partial charge >= 0.3 is 0 Å². The lowest BCUT2D eigenvalue weighted by molar-refractivity contribution is 0.926. The zero-order valence-electron chi connectivity index (χ0n) is 8.30. The molecule has 4 nitrogen and oxygen atoms in total. The van der Waals surface area contributed by atoms with Crippen LogP contribution in [0.5, 0.6) is 0 Å². The lowest BCUT2D eigenvalue weighted by Crippen LogP contribution is -2.08. The number of H-pyrrole nitrogens is 1. The molecule has 0 aromatic carbocycles. The molecule has 0 spiro atoms. The Morgan fingerprint density at radius 2 is 2.53 bits per heavy atom. The van der Waals surface area contributed by atoms with Crippen molar-refractivity contribution in [3.05, 3.63) is 28.2 Å². The van der Waals surface area contributed by atoms with Gasteiger partial charge in [0.2, 0.25) is 5.16 Å². The molecule has 0 aliphatic rings. The molecule has 0 bridgehead atoms. The fraction of sp³-hybridized carbons (Fsp3) is 0.333. The number of aromatic nitrogens is 3. The molecule has 2 rings (SSSR count). The Morgan fingerprint density at radius 1 is 1.67 bits per heavy atom. The van der Waals surface area contributed by atoms with Crippen molar-refractivity contribution in [2.45, 2.75) is 17.3 Å². The van der Waals surface area contributed by atoms with E-state index in [0.717, 1.165) is 11.0 Å². The number of hydrogen-bond donors (Lipinski definition) is 2. The second kappa shape index (κ2) is 4.78. The Balaban J connectivity index is 2.09. The smallest absolute Gasteiger partial charge is 0.209 e. The van der Waals surface area contributed by atoms with Gasteiger partial charge in [0.25, 0.3) is 0 Å². The van der Waals surface area contributed by atoms with Gasteiger partial charge in [0.1, 0.15) is 5.82 Å². The molecule has 0 amide bonds. The first-order chi connectivity index (χ1) is 7.29. The van der Waals surface area contributed by atoms with E-state index in [9.17, 15) is 0 Å².